The molecular formula is C45H46N2. The minimum Gasteiger partial charge on any atom is -0.318 e. The van der Waals surface area contributed by atoms with Crippen LogP contribution in [-0.4, -0.2) is 4.57 Å². The maximum atomic E-state index is 2.67. The first-order chi connectivity index (χ1) is 23.1. The Labute approximate surface area is 280 Å². The highest BCUT2D eigenvalue weighted by Gasteiger charge is 2.51. The second-order valence-corrected chi connectivity index (χ2v) is 15.1. The van der Waals surface area contributed by atoms with Crippen molar-refractivity contribution in [1.29, 1.82) is 0 Å². The van der Waals surface area contributed by atoms with Crippen molar-refractivity contribution >= 4 is 22.3 Å². The van der Waals surface area contributed by atoms with Crippen LogP contribution in [0.1, 0.15) is 76.5 Å². The number of anilines is 1. The van der Waals surface area contributed by atoms with Crippen LogP contribution in [-0.2, 0) is 12.8 Å². The Hall–Kier alpha value is -4.30. The van der Waals surface area contributed by atoms with Crippen LogP contribution in [0.5, 0.6) is 0 Å². The van der Waals surface area contributed by atoms with Crippen molar-refractivity contribution in [2.75, 3.05) is 4.90 Å². The van der Waals surface area contributed by atoms with Crippen LogP contribution in [0.2, 0.25) is 0 Å². The molecule has 1 aromatic heterocycles. The quantitative estimate of drug-likeness (QED) is 0.278. The molecule has 9 rings (SSSR count). The second kappa shape index (κ2) is 11.4. The SMILES string of the molecule is CC1(C)C2CC(N(C3=CC=C(C4=CC=CCC4)CC3)c3ccccc3)=CC=C2C2=CC=C(n3c4c(c5ccccc53)CCCC4)CC21. The first-order valence-corrected chi connectivity index (χ1v) is 18.1. The molecule has 0 N–H and O–H groups in total. The molecule has 2 aromatic carbocycles. The number of rotatable bonds is 5. The fourth-order valence-electron chi connectivity index (χ4n) is 9.74. The van der Waals surface area contributed by atoms with Gasteiger partial charge >= 0.3 is 0 Å². The number of para-hydroxylation sites is 2. The third kappa shape index (κ3) is 4.74. The van der Waals surface area contributed by atoms with Gasteiger partial charge in [0.15, 0.2) is 0 Å². The minimum absolute atomic E-state index is 0.164. The molecule has 47 heavy (non-hydrogen) atoms. The summed E-state index contributed by atoms with van der Waals surface area (Å²) in [4.78, 5) is 2.59. The van der Waals surface area contributed by atoms with E-state index in [9.17, 15) is 0 Å². The molecule has 2 nitrogen and oxygen atoms in total. The van der Waals surface area contributed by atoms with Gasteiger partial charge in [0, 0.05) is 33.9 Å². The molecule has 0 amide bonds. The van der Waals surface area contributed by atoms with E-state index in [2.05, 4.69) is 133 Å². The van der Waals surface area contributed by atoms with E-state index < -0.39 is 0 Å². The van der Waals surface area contributed by atoms with Crippen molar-refractivity contribution in [2.45, 2.75) is 78.1 Å². The van der Waals surface area contributed by atoms with Gasteiger partial charge < -0.3 is 9.47 Å². The van der Waals surface area contributed by atoms with Gasteiger partial charge in [-0.05, 0) is 146 Å². The summed E-state index contributed by atoms with van der Waals surface area (Å²) in [7, 11) is 0. The number of nitrogens with zero attached hydrogens (tertiary/aromatic N) is 2. The minimum atomic E-state index is 0.164. The number of allylic oxidation sites excluding steroid dienone is 16. The van der Waals surface area contributed by atoms with E-state index in [1.165, 1.54) is 76.9 Å². The monoisotopic (exact) mass is 614 g/mol. The van der Waals surface area contributed by atoms with E-state index in [0.717, 1.165) is 32.1 Å². The first-order valence-electron chi connectivity index (χ1n) is 18.1. The predicted octanol–water partition coefficient (Wildman–Crippen LogP) is 11.6. The summed E-state index contributed by atoms with van der Waals surface area (Å²) in [6.07, 6.45) is 33.3. The largest absolute Gasteiger partial charge is 0.318 e. The molecule has 6 aliphatic rings. The Morgan fingerprint density at radius 1 is 0.660 bits per heavy atom. The molecule has 1 fully saturated rings. The maximum absolute atomic E-state index is 2.67. The number of benzene rings is 2. The summed E-state index contributed by atoms with van der Waals surface area (Å²) in [6.45, 7) is 5.11. The van der Waals surface area contributed by atoms with Crippen molar-refractivity contribution in [2.24, 2.45) is 17.3 Å². The second-order valence-electron chi connectivity index (χ2n) is 15.1. The van der Waals surface area contributed by atoms with E-state index in [4.69, 9.17) is 0 Å². The summed E-state index contributed by atoms with van der Waals surface area (Å²) in [5.41, 5.74) is 16.5. The highest BCUT2D eigenvalue weighted by atomic mass is 15.2. The van der Waals surface area contributed by atoms with Gasteiger partial charge in [-0.25, -0.2) is 0 Å². The Kier molecular flexibility index (Phi) is 7.03. The van der Waals surface area contributed by atoms with Crippen molar-refractivity contribution in [3.8, 4) is 0 Å². The molecule has 0 spiro atoms. The fraction of sp³-hybridized carbons (Fsp3) is 0.333. The lowest BCUT2D eigenvalue weighted by Crippen LogP contribution is -2.31. The van der Waals surface area contributed by atoms with Gasteiger partial charge in [-0.3, -0.25) is 0 Å². The molecule has 3 aromatic rings. The van der Waals surface area contributed by atoms with E-state index in [1.807, 2.05) is 0 Å². The Bertz CT molecular complexity index is 2010. The molecule has 236 valence electrons. The molecule has 0 aliphatic heterocycles. The molecule has 1 saturated carbocycles. The van der Waals surface area contributed by atoms with Gasteiger partial charge in [0.25, 0.3) is 0 Å². The van der Waals surface area contributed by atoms with Gasteiger partial charge in [0.1, 0.15) is 0 Å². The lowest BCUT2D eigenvalue weighted by molar-refractivity contribution is 0.205. The van der Waals surface area contributed by atoms with Crippen LogP contribution in [0.25, 0.3) is 16.6 Å². The van der Waals surface area contributed by atoms with E-state index in [1.54, 1.807) is 22.4 Å². The zero-order valence-electron chi connectivity index (χ0n) is 28.0. The predicted molar refractivity (Wildman–Crippen MR) is 198 cm³/mol. The number of hydrogen-bond acceptors (Lipinski definition) is 1. The summed E-state index contributed by atoms with van der Waals surface area (Å²) >= 11 is 0. The third-order valence-electron chi connectivity index (χ3n) is 12.2. The highest BCUT2D eigenvalue weighted by Crippen LogP contribution is 2.61. The molecule has 0 radical (unpaired) electrons. The third-order valence-corrected chi connectivity index (χ3v) is 12.2. The van der Waals surface area contributed by atoms with E-state index in [-0.39, 0.29) is 5.41 Å². The number of aryl methyl sites for hydroxylation is 1. The number of hydrogen-bond donors (Lipinski definition) is 0. The van der Waals surface area contributed by atoms with Gasteiger partial charge in [0.05, 0.1) is 5.52 Å². The van der Waals surface area contributed by atoms with Crippen LogP contribution < -0.4 is 4.90 Å². The van der Waals surface area contributed by atoms with Crippen molar-refractivity contribution in [3.63, 3.8) is 0 Å². The molecule has 1 heterocycles. The average Bonchev–Trinajstić information content (AvgIpc) is 3.58. The van der Waals surface area contributed by atoms with Crippen LogP contribution in [0.15, 0.2) is 143 Å². The van der Waals surface area contributed by atoms with Crippen molar-refractivity contribution in [3.05, 3.63) is 154 Å². The smallest absolute Gasteiger partial charge is 0.0531 e. The van der Waals surface area contributed by atoms with Gasteiger partial charge in [-0.1, -0.05) is 86.7 Å². The summed E-state index contributed by atoms with van der Waals surface area (Å²) in [5.74, 6) is 1.02. The number of fused-ring (bicyclic) bond motifs is 6. The first kappa shape index (κ1) is 28.9. The van der Waals surface area contributed by atoms with E-state index >= 15 is 0 Å². The van der Waals surface area contributed by atoms with Crippen molar-refractivity contribution < 1.29 is 0 Å². The fourth-order valence-corrected chi connectivity index (χ4v) is 9.74. The Morgan fingerprint density at radius 3 is 2.21 bits per heavy atom. The normalized spacial score (nSPS) is 24.5. The zero-order valence-corrected chi connectivity index (χ0v) is 28.0. The van der Waals surface area contributed by atoms with E-state index in [0.29, 0.717) is 11.8 Å². The van der Waals surface area contributed by atoms with Gasteiger partial charge in [-0.2, -0.15) is 0 Å². The number of aromatic nitrogens is 1. The van der Waals surface area contributed by atoms with Crippen molar-refractivity contribution in [1.82, 2.24) is 4.57 Å². The Morgan fingerprint density at radius 2 is 1.40 bits per heavy atom. The average molecular weight is 615 g/mol. The van der Waals surface area contributed by atoms with Crippen LogP contribution >= 0.6 is 0 Å². The van der Waals surface area contributed by atoms with Gasteiger partial charge in [0.2, 0.25) is 0 Å². The maximum Gasteiger partial charge on any atom is 0.0531 e. The lowest BCUT2D eigenvalue weighted by Gasteiger charge is -2.39. The molecule has 2 unspecified atom stereocenters. The molecule has 0 bridgehead atoms. The van der Waals surface area contributed by atoms with Gasteiger partial charge in [-0.15, -0.1) is 0 Å². The summed E-state index contributed by atoms with van der Waals surface area (Å²) in [5, 5.41) is 1.47. The van der Waals surface area contributed by atoms with Crippen LogP contribution in [0, 0.1) is 17.3 Å². The van der Waals surface area contributed by atoms with Crippen LogP contribution in [0.3, 0.4) is 0 Å². The van der Waals surface area contributed by atoms with Crippen LogP contribution in [0.4, 0.5) is 5.69 Å². The Balaban J connectivity index is 1.08. The standard InChI is InChI=1S/C45H46N2/c1-45(2)41-29-35(46(33-15-7-4-8-16-33)34-23-21-32(22-24-34)31-13-5-3-6-14-31)25-27-37(41)38-28-26-36(30-42(38)45)47-43-19-11-9-17-39(43)40-18-10-12-20-44(40)47/h3-5,7-9,11,13,15-17,19,21,23,25-28,41-42H,6,10,12,14,18,20,22,24,29-30H2,1-2H3. The summed E-state index contributed by atoms with van der Waals surface area (Å²) in [6, 6.07) is 20.2. The molecular weight excluding hydrogens is 569 g/mol. The molecule has 2 atom stereocenters. The molecule has 2 heteroatoms. The summed E-state index contributed by atoms with van der Waals surface area (Å²) < 4.78 is 2.67. The lowest BCUT2D eigenvalue weighted by atomic mass is 9.70. The zero-order chi connectivity index (χ0) is 31.5. The highest BCUT2D eigenvalue weighted by molar-refractivity contribution is 5.89. The topological polar surface area (TPSA) is 8.17 Å². The molecule has 0 saturated heterocycles. The molecule has 6 aliphatic carbocycles.